The fourth-order valence-corrected chi connectivity index (χ4v) is 2.65. The predicted octanol–water partition coefficient (Wildman–Crippen LogP) is 3.06. The molecule has 0 aliphatic carbocycles. The van der Waals surface area contributed by atoms with E-state index in [1.165, 1.54) is 11.3 Å². The molecule has 3 heteroatoms. The third-order valence-electron chi connectivity index (χ3n) is 3.65. The van der Waals surface area contributed by atoms with Gasteiger partial charge in [-0.1, -0.05) is 18.2 Å². The third-order valence-corrected chi connectivity index (χ3v) is 3.65. The highest BCUT2D eigenvalue weighted by Gasteiger charge is 2.19. The van der Waals surface area contributed by atoms with Gasteiger partial charge >= 0.3 is 0 Å². The van der Waals surface area contributed by atoms with Crippen molar-refractivity contribution in [3.8, 4) is 5.75 Å². The highest BCUT2D eigenvalue weighted by atomic mass is 16.5. The van der Waals surface area contributed by atoms with Crippen molar-refractivity contribution in [1.29, 1.82) is 0 Å². The van der Waals surface area contributed by atoms with E-state index in [0.29, 0.717) is 6.04 Å². The minimum atomic E-state index is 0.429. The maximum Gasteiger partial charge on any atom is 0.140 e. The van der Waals surface area contributed by atoms with Gasteiger partial charge in [-0.3, -0.25) is 4.98 Å². The quantitative estimate of drug-likeness (QED) is 0.914. The first kappa shape index (κ1) is 12.0. The van der Waals surface area contributed by atoms with Crippen molar-refractivity contribution in [1.82, 2.24) is 4.98 Å². The number of aromatic nitrogens is 1. The van der Waals surface area contributed by atoms with Gasteiger partial charge in [0.05, 0.1) is 12.8 Å². The van der Waals surface area contributed by atoms with E-state index in [1.54, 1.807) is 7.11 Å². The van der Waals surface area contributed by atoms with Crippen LogP contribution in [0.5, 0.6) is 5.75 Å². The summed E-state index contributed by atoms with van der Waals surface area (Å²) >= 11 is 0. The Morgan fingerprint density at radius 1 is 1.26 bits per heavy atom. The van der Waals surface area contributed by atoms with Crippen LogP contribution in [0.25, 0.3) is 0 Å². The smallest absolute Gasteiger partial charge is 0.140 e. The van der Waals surface area contributed by atoms with Crippen molar-refractivity contribution < 1.29 is 4.74 Å². The van der Waals surface area contributed by atoms with Crippen LogP contribution >= 0.6 is 0 Å². The van der Waals surface area contributed by atoms with Crippen LogP contribution in [-0.4, -0.2) is 18.1 Å². The average Bonchev–Trinajstić information content (AvgIpc) is 2.48. The number of hydrogen-bond donors (Lipinski definition) is 1. The molecule has 0 amide bonds. The summed E-state index contributed by atoms with van der Waals surface area (Å²) in [7, 11) is 1.70. The number of nitrogens with zero attached hydrogens (tertiary/aromatic N) is 1. The highest BCUT2D eigenvalue weighted by Crippen LogP contribution is 2.27. The molecule has 98 valence electrons. The van der Waals surface area contributed by atoms with Gasteiger partial charge < -0.3 is 10.1 Å². The lowest BCUT2D eigenvalue weighted by molar-refractivity contribution is 0.404. The minimum Gasteiger partial charge on any atom is -0.495 e. The first-order valence-electron chi connectivity index (χ1n) is 6.69. The van der Waals surface area contributed by atoms with Gasteiger partial charge in [0.25, 0.3) is 0 Å². The van der Waals surface area contributed by atoms with E-state index < -0.39 is 0 Å². The molecule has 1 aromatic heterocycles. The Morgan fingerprint density at radius 3 is 3.05 bits per heavy atom. The lowest BCUT2D eigenvalue weighted by Gasteiger charge is -2.27. The molecule has 2 heterocycles. The molecule has 0 saturated heterocycles. The molecule has 3 nitrogen and oxygen atoms in total. The summed E-state index contributed by atoms with van der Waals surface area (Å²) < 4.78 is 5.37. The number of benzene rings is 1. The van der Waals surface area contributed by atoms with E-state index in [0.717, 1.165) is 30.7 Å². The Kier molecular flexibility index (Phi) is 3.36. The Morgan fingerprint density at radius 2 is 2.16 bits per heavy atom. The first-order chi connectivity index (χ1) is 9.36. The van der Waals surface area contributed by atoms with E-state index in [-0.39, 0.29) is 0 Å². The Labute approximate surface area is 113 Å². The van der Waals surface area contributed by atoms with Crippen LogP contribution in [0.4, 0.5) is 5.69 Å². The van der Waals surface area contributed by atoms with Crippen LogP contribution in [0.3, 0.4) is 0 Å². The van der Waals surface area contributed by atoms with Crippen molar-refractivity contribution in [2.24, 2.45) is 0 Å². The number of pyridine rings is 1. The van der Waals surface area contributed by atoms with Gasteiger partial charge in [0.2, 0.25) is 0 Å². The van der Waals surface area contributed by atoms with Crippen molar-refractivity contribution in [3.63, 3.8) is 0 Å². The molecule has 19 heavy (non-hydrogen) atoms. The summed E-state index contributed by atoms with van der Waals surface area (Å²) in [4.78, 5) is 4.43. The minimum absolute atomic E-state index is 0.429. The van der Waals surface area contributed by atoms with Crippen molar-refractivity contribution in [2.45, 2.75) is 25.3 Å². The summed E-state index contributed by atoms with van der Waals surface area (Å²) in [6.07, 6.45) is 4.99. The van der Waals surface area contributed by atoms with Crippen LogP contribution in [-0.2, 0) is 12.8 Å². The van der Waals surface area contributed by atoms with Gasteiger partial charge in [-0.15, -0.1) is 0 Å². The summed E-state index contributed by atoms with van der Waals surface area (Å²) in [6, 6.07) is 12.8. The molecule has 1 aromatic carbocycles. The number of aryl methyl sites for hydroxylation is 1. The molecule has 1 unspecified atom stereocenters. The zero-order valence-corrected chi connectivity index (χ0v) is 11.1. The SMILES string of the molecule is COc1cccnc1CC1CCc2ccccc2N1. The van der Waals surface area contributed by atoms with Crippen LogP contribution in [0.1, 0.15) is 17.7 Å². The van der Waals surface area contributed by atoms with E-state index in [4.69, 9.17) is 4.74 Å². The summed E-state index contributed by atoms with van der Waals surface area (Å²) in [5.41, 5.74) is 3.70. The van der Waals surface area contributed by atoms with Crippen LogP contribution in [0.15, 0.2) is 42.6 Å². The summed E-state index contributed by atoms with van der Waals surface area (Å²) in [5, 5.41) is 3.60. The van der Waals surface area contributed by atoms with Crippen LogP contribution in [0, 0.1) is 0 Å². The maximum absolute atomic E-state index is 5.37. The van der Waals surface area contributed by atoms with Gasteiger partial charge in [-0.25, -0.2) is 0 Å². The van der Waals surface area contributed by atoms with Crippen molar-refractivity contribution >= 4 is 5.69 Å². The van der Waals surface area contributed by atoms with Gasteiger partial charge in [0.15, 0.2) is 0 Å². The predicted molar refractivity (Wildman–Crippen MR) is 76.7 cm³/mol. The molecule has 0 saturated carbocycles. The number of fused-ring (bicyclic) bond motifs is 1. The molecule has 0 spiro atoms. The van der Waals surface area contributed by atoms with Crippen LogP contribution < -0.4 is 10.1 Å². The monoisotopic (exact) mass is 254 g/mol. The molecule has 0 fully saturated rings. The number of anilines is 1. The number of nitrogens with one attached hydrogen (secondary N) is 1. The molecular weight excluding hydrogens is 236 g/mol. The zero-order chi connectivity index (χ0) is 13.1. The van der Waals surface area contributed by atoms with Crippen molar-refractivity contribution in [3.05, 3.63) is 53.9 Å². The summed E-state index contributed by atoms with van der Waals surface area (Å²) in [6.45, 7) is 0. The van der Waals surface area contributed by atoms with E-state index in [9.17, 15) is 0 Å². The second-order valence-electron chi connectivity index (χ2n) is 4.89. The molecular formula is C16H18N2O. The Balaban J connectivity index is 1.75. The standard InChI is InChI=1S/C16H18N2O/c1-19-16-7-4-10-17-15(16)11-13-9-8-12-5-2-3-6-14(12)18-13/h2-7,10,13,18H,8-9,11H2,1H3. The van der Waals surface area contributed by atoms with Gasteiger partial charge in [0, 0.05) is 24.3 Å². The molecule has 0 radical (unpaired) electrons. The maximum atomic E-state index is 5.37. The normalized spacial score (nSPS) is 17.4. The lowest BCUT2D eigenvalue weighted by Crippen LogP contribution is -2.28. The van der Waals surface area contributed by atoms with Crippen molar-refractivity contribution in [2.75, 3.05) is 12.4 Å². The van der Waals surface area contributed by atoms with Gasteiger partial charge in [-0.2, -0.15) is 0 Å². The molecule has 1 aliphatic heterocycles. The first-order valence-corrected chi connectivity index (χ1v) is 6.69. The number of methoxy groups -OCH3 is 1. The number of rotatable bonds is 3. The fourth-order valence-electron chi connectivity index (χ4n) is 2.65. The van der Waals surface area contributed by atoms with Gasteiger partial charge in [0.1, 0.15) is 5.75 Å². The molecule has 1 aliphatic rings. The van der Waals surface area contributed by atoms with E-state index in [1.807, 2.05) is 18.3 Å². The Hall–Kier alpha value is -2.03. The van der Waals surface area contributed by atoms with Gasteiger partial charge in [-0.05, 0) is 36.6 Å². The van der Waals surface area contributed by atoms with E-state index in [2.05, 4.69) is 34.6 Å². The largest absolute Gasteiger partial charge is 0.495 e. The Bertz CT molecular complexity index is 568. The third kappa shape index (κ3) is 2.55. The topological polar surface area (TPSA) is 34.1 Å². The number of para-hydroxylation sites is 1. The van der Waals surface area contributed by atoms with Crippen LogP contribution in [0.2, 0.25) is 0 Å². The second-order valence-corrected chi connectivity index (χ2v) is 4.89. The molecule has 2 aromatic rings. The second kappa shape index (κ2) is 5.31. The molecule has 1 atom stereocenters. The summed E-state index contributed by atoms with van der Waals surface area (Å²) in [5.74, 6) is 0.878. The average molecular weight is 254 g/mol. The molecule has 3 rings (SSSR count). The molecule has 0 bridgehead atoms. The highest BCUT2D eigenvalue weighted by molar-refractivity contribution is 5.54. The zero-order valence-electron chi connectivity index (χ0n) is 11.1. The number of ether oxygens (including phenoxy) is 1. The lowest BCUT2D eigenvalue weighted by atomic mass is 9.95. The molecule has 1 N–H and O–H groups in total. The van der Waals surface area contributed by atoms with E-state index >= 15 is 0 Å². The number of hydrogen-bond acceptors (Lipinski definition) is 3. The fraction of sp³-hybridized carbons (Fsp3) is 0.312.